The van der Waals surface area contributed by atoms with Crippen LogP contribution in [0.2, 0.25) is 21.1 Å². The molecule has 0 aromatic heterocycles. The molecule has 10 heteroatoms. The van der Waals surface area contributed by atoms with E-state index in [4.69, 9.17) is 0 Å². The second-order valence-electron chi connectivity index (χ2n) is 17.1. The van der Waals surface area contributed by atoms with E-state index in [1.165, 1.54) is 83.0 Å². The molecule has 0 spiro atoms. The van der Waals surface area contributed by atoms with E-state index in [0.717, 1.165) is 38.2 Å². The fourth-order valence-corrected chi connectivity index (χ4v) is 19.6. The first-order valence-corrected chi connectivity index (χ1v) is 26.5. The predicted molar refractivity (Wildman–Crippen MR) is 227 cm³/mol. The van der Waals surface area contributed by atoms with Crippen molar-refractivity contribution in [2.45, 2.75) is 168 Å². The predicted octanol–water partition coefficient (Wildman–Crippen LogP) is 16.9. The van der Waals surface area contributed by atoms with E-state index in [1.54, 1.807) is 21.1 Å². The summed E-state index contributed by atoms with van der Waals surface area (Å²) in [6.07, 6.45) is 18.5. The first-order chi connectivity index (χ1) is 25.9. The van der Waals surface area contributed by atoms with Crippen molar-refractivity contribution in [1.29, 1.82) is 0 Å². The maximum absolute atomic E-state index is 13.4. The van der Waals surface area contributed by atoms with Gasteiger partial charge in [-0.05, 0) is 39.5 Å². The number of halogens is 8. The number of hydrogen-bond acceptors (Lipinski definition) is 0. The van der Waals surface area contributed by atoms with Crippen molar-refractivity contribution in [2.75, 3.05) is 12.3 Å². The zero-order valence-corrected chi connectivity index (χ0v) is 38.6. The summed E-state index contributed by atoms with van der Waals surface area (Å²) in [4.78, 5) is 0. The third-order valence-electron chi connectivity index (χ3n) is 11.1. The third-order valence-corrected chi connectivity index (χ3v) is 20.4. The van der Waals surface area contributed by atoms with Gasteiger partial charge in [-0.2, -0.15) is 21.1 Å². The topological polar surface area (TPSA) is 0 Å². The summed E-state index contributed by atoms with van der Waals surface area (Å²) in [6.45, 7) is 26.7. The molecule has 320 valence electrons. The molecule has 55 heavy (non-hydrogen) atoms. The van der Waals surface area contributed by atoms with E-state index in [2.05, 4.69) is 76.2 Å². The van der Waals surface area contributed by atoms with Gasteiger partial charge in [-0.25, -0.2) is 35.1 Å². The van der Waals surface area contributed by atoms with Crippen LogP contribution in [0.3, 0.4) is 0 Å². The first-order valence-electron chi connectivity index (χ1n) is 21.6. The molecule has 2 aromatic rings. The molecule has 0 saturated carbocycles. The minimum absolute atomic E-state index is 0.297. The molecule has 0 aliphatic carbocycles. The lowest BCUT2D eigenvalue weighted by Gasteiger charge is -2.44. The maximum atomic E-state index is 13.4. The standard InChI is InChI=1S/C12H2F8.C9H21P.4C6H13.Al/c13-4-2-1-3(6(14)7(4)15)5-8(16)10(18)12(20)11(19)9(5)17;1-4-6-9(3)8-10-7-5-2;4*1-4-5-6(2)3;/h1-2H;9-10H,4-8H2,1-3H3;4*6H,2,4-5H2,1,3H3;/q;;;;;;-1/p+1. The Kier molecular flexibility index (Phi) is 28.5. The van der Waals surface area contributed by atoms with Gasteiger partial charge < -0.3 is 0 Å². The largest absolute Gasteiger partial charge is 0.204 e. The highest BCUT2D eigenvalue weighted by atomic mass is 31.1. The molecule has 0 aliphatic heterocycles. The van der Waals surface area contributed by atoms with Crippen LogP contribution in [0, 0.1) is 76.1 Å². The summed E-state index contributed by atoms with van der Waals surface area (Å²) in [7, 11) is 0.783. The summed E-state index contributed by atoms with van der Waals surface area (Å²) in [5.41, 5.74) is -2.95. The van der Waals surface area contributed by atoms with Crippen molar-refractivity contribution in [1.82, 2.24) is 0 Å². The summed E-state index contributed by atoms with van der Waals surface area (Å²) in [5.74, 6) is -12.7. The Morgan fingerprint density at radius 1 is 0.436 bits per heavy atom. The summed E-state index contributed by atoms with van der Waals surface area (Å²) in [6, 6.07) is 0.665. The molecule has 0 saturated heterocycles. The Balaban J connectivity index is 0.000000864. The smallest absolute Gasteiger partial charge is 0.200 e. The van der Waals surface area contributed by atoms with Crippen molar-refractivity contribution in [3.05, 3.63) is 58.7 Å². The second kappa shape index (κ2) is 29.1. The van der Waals surface area contributed by atoms with Gasteiger partial charge in [0.2, 0.25) is 5.82 Å². The highest BCUT2D eigenvalue weighted by Crippen LogP contribution is 2.41. The fourth-order valence-electron chi connectivity index (χ4n) is 9.21. The van der Waals surface area contributed by atoms with Gasteiger partial charge in [0, 0.05) is 5.56 Å². The van der Waals surface area contributed by atoms with Gasteiger partial charge in [0.15, 0.2) is 40.7 Å². The minimum atomic E-state index is -2.44. The van der Waals surface area contributed by atoms with Crippen molar-refractivity contribution in [3.8, 4) is 11.1 Å². The number of hydrogen-bond donors (Lipinski definition) is 0. The van der Waals surface area contributed by atoms with Crippen LogP contribution in [-0.4, -0.2) is 25.4 Å². The molecule has 0 N–H and O–H groups in total. The van der Waals surface area contributed by atoms with E-state index in [9.17, 15) is 35.1 Å². The normalized spacial score (nSPS) is 15.4. The van der Waals surface area contributed by atoms with Gasteiger partial charge in [0.05, 0.1) is 17.9 Å². The van der Waals surface area contributed by atoms with Gasteiger partial charge in [0.25, 0.3) is 0 Å². The van der Waals surface area contributed by atoms with Gasteiger partial charge >= 0.3 is 0 Å². The lowest BCUT2D eigenvalue weighted by molar-refractivity contribution is 0.380. The molecule has 0 bridgehead atoms. The average molecular weight is 827 g/mol. The molecule has 0 fully saturated rings. The Hall–Kier alpha value is -1.16. The van der Waals surface area contributed by atoms with Crippen LogP contribution in [0.25, 0.3) is 11.1 Å². The van der Waals surface area contributed by atoms with E-state index >= 15 is 0 Å². The summed E-state index contributed by atoms with van der Waals surface area (Å²) >= 11 is -1.55. The summed E-state index contributed by atoms with van der Waals surface area (Å²) in [5, 5.41) is 6.54. The van der Waals surface area contributed by atoms with Crippen LogP contribution in [0.4, 0.5) is 35.1 Å². The molecule has 6 atom stereocenters. The summed E-state index contributed by atoms with van der Waals surface area (Å²) < 4.78 is 105. The Labute approximate surface area is 335 Å². The molecule has 0 amide bonds. The molecular formula is C45H76AlF8P. The fraction of sp³-hybridized carbons (Fsp3) is 0.733. The lowest BCUT2D eigenvalue weighted by Crippen LogP contribution is -2.41. The zero-order valence-electron chi connectivity index (χ0n) is 36.2. The van der Waals surface area contributed by atoms with E-state index in [-0.39, 0.29) is 0 Å². The lowest BCUT2D eigenvalue weighted by atomic mass is 10.0. The van der Waals surface area contributed by atoms with Gasteiger partial charge in [-0.15, -0.1) is 0 Å². The maximum Gasteiger partial charge on any atom is 0.200 e. The SMILES string of the molecule is CCCC(C)[CH2][Al-]([CH2]C(C)CCC)([CH2]C(C)CCC)[CH2]C(C)CCC.CCC[PH2+]CC(C)CCC.Fc1ccc(-c2c(F)c(F)c(F)c(F)c2F)c(F)c1F. The zero-order chi connectivity index (χ0) is 42.3. The van der Waals surface area contributed by atoms with E-state index in [0.29, 0.717) is 12.1 Å². The minimum Gasteiger partial charge on any atom is -0.204 e. The van der Waals surface area contributed by atoms with Gasteiger partial charge in [-0.3, -0.25) is 0 Å². The van der Waals surface area contributed by atoms with Crippen molar-refractivity contribution >= 4 is 21.7 Å². The monoisotopic (exact) mass is 827 g/mol. The quantitative estimate of drug-likeness (QED) is 0.0261. The number of benzene rings is 2. The van der Waals surface area contributed by atoms with E-state index in [1.807, 2.05) is 0 Å². The highest BCUT2D eigenvalue weighted by molar-refractivity contribution is 7.37. The van der Waals surface area contributed by atoms with Crippen molar-refractivity contribution in [2.24, 2.45) is 29.6 Å². The van der Waals surface area contributed by atoms with Crippen LogP contribution in [0.1, 0.15) is 147 Å². The number of rotatable bonds is 23. The third kappa shape index (κ3) is 19.4. The van der Waals surface area contributed by atoms with Crippen LogP contribution < -0.4 is 0 Å². The van der Waals surface area contributed by atoms with Crippen LogP contribution in [0.15, 0.2) is 12.1 Å². The van der Waals surface area contributed by atoms with Crippen LogP contribution >= 0.6 is 8.58 Å². The van der Waals surface area contributed by atoms with Gasteiger partial charge in [0.1, 0.15) is 13.1 Å². The molecule has 0 radical (unpaired) electrons. The first kappa shape index (κ1) is 53.8. The van der Waals surface area contributed by atoms with Crippen LogP contribution in [-0.2, 0) is 0 Å². The molecule has 2 aromatic carbocycles. The van der Waals surface area contributed by atoms with Crippen LogP contribution in [0.5, 0.6) is 0 Å². The van der Waals surface area contributed by atoms with Crippen molar-refractivity contribution < 1.29 is 35.1 Å². The Morgan fingerprint density at radius 3 is 1.13 bits per heavy atom. The highest BCUT2D eigenvalue weighted by Gasteiger charge is 2.34. The molecule has 6 unspecified atom stereocenters. The van der Waals surface area contributed by atoms with Crippen molar-refractivity contribution in [3.63, 3.8) is 0 Å². The average Bonchev–Trinajstić information content (AvgIpc) is 3.11. The second-order valence-corrected chi connectivity index (χ2v) is 24.1. The molecule has 0 aliphatic rings. The molecule has 2 rings (SSSR count). The molecule has 0 nitrogen and oxygen atoms in total. The molecular weight excluding hydrogens is 750 g/mol. The van der Waals surface area contributed by atoms with E-state index < -0.39 is 70.7 Å². The Morgan fingerprint density at radius 2 is 0.782 bits per heavy atom. The molecule has 0 heterocycles. The van der Waals surface area contributed by atoms with Gasteiger partial charge in [-0.1, -0.05) is 158 Å². The Bertz CT molecular complexity index is 1250.